The van der Waals surface area contributed by atoms with E-state index < -0.39 is 0 Å². The fraction of sp³-hybridized carbons (Fsp3) is 0.167. The first-order chi connectivity index (χ1) is 5.52. The Morgan fingerprint density at radius 3 is 2.08 bits per heavy atom. The van der Waals surface area contributed by atoms with E-state index in [1.165, 1.54) is 6.92 Å². The molecule has 0 fully saturated rings. The molecule has 0 aromatic carbocycles. The quantitative estimate of drug-likeness (QED) is 0.559. The molecular weight excluding hydrogens is 201 g/mol. The van der Waals surface area contributed by atoms with Gasteiger partial charge in [-0.2, -0.15) is 0 Å². The maximum atomic E-state index is 10.9. The number of aromatic nitrogens is 2. The SMILES string of the molecule is CC(=O)c1c(Cl)nc(N)nc1Cl. The standard InChI is InChI=1S/C6H5Cl2N3O/c1-2(12)3-4(7)10-6(9)11-5(3)8/h1H3,(H2,9,10,11). The van der Waals surface area contributed by atoms with E-state index >= 15 is 0 Å². The van der Waals surface area contributed by atoms with Crippen LogP contribution in [0.25, 0.3) is 0 Å². The number of Topliss-reactive ketones (excluding diaryl/α,β-unsaturated/α-hetero) is 1. The molecule has 1 rings (SSSR count). The summed E-state index contributed by atoms with van der Waals surface area (Å²) < 4.78 is 0. The fourth-order valence-electron chi connectivity index (χ4n) is 0.714. The molecule has 1 aromatic heterocycles. The summed E-state index contributed by atoms with van der Waals surface area (Å²) in [5, 5.41) is -0.0278. The van der Waals surface area contributed by atoms with Gasteiger partial charge in [-0.1, -0.05) is 23.2 Å². The second kappa shape index (κ2) is 3.25. The Labute approximate surface area is 78.7 Å². The average molecular weight is 206 g/mol. The number of ketones is 1. The fourth-order valence-corrected chi connectivity index (χ4v) is 1.38. The largest absolute Gasteiger partial charge is 0.368 e. The van der Waals surface area contributed by atoms with Crippen LogP contribution >= 0.6 is 23.2 Å². The van der Waals surface area contributed by atoms with Crippen LogP contribution in [0.15, 0.2) is 0 Å². The third-order valence-corrected chi connectivity index (χ3v) is 1.74. The highest BCUT2D eigenvalue weighted by Gasteiger charge is 2.13. The number of anilines is 1. The number of halogens is 2. The van der Waals surface area contributed by atoms with Gasteiger partial charge in [-0.3, -0.25) is 4.79 Å². The van der Waals surface area contributed by atoms with Crippen molar-refractivity contribution in [3.8, 4) is 0 Å². The summed E-state index contributed by atoms with van der Waals surface area (Å²) >= 11 is 11.2. The Morgan fingerprint density at radius 2 is 1.75 bits per heavy atom. The zero-order valence-electron chi connectivity index (χ0n) is 6.14. The number of nitrogens with two attached hydrogens (primary N) is 1. The van der Waals surface area contributed by atoms with Crippen LogP contribution in [0.5, 0.6) is 0 Å². The summed E-state index contributed by atoms with van der Waals surface area (Å²) in [7, 11) is 0. The van der Waals surface area contributed by atoms with Crippen LogP contribution in [0.3, 0.4) is 0 Å². The van der Waals surface area contributed by atoms with Crippen molar-refractivity contribution in [2.75, 3.05) is 5.73 Å². The zero-order valence-corrected chi connectivity index (χ0v) is 7.65. The molecule has 0 aliphatic carbocycles. The molecule has 0 bridgehead atoms. The summed E-state index contributed by atoms with van der Waals surface area (Å²) in [4.78, 5) is 18.1. The van der Waals surface area contributed by atoms with Crippen LogP contribution in [0.1, 0.15) is 17.3 Å². The predicted molar refractivity (Wildman–Crippen MR) is 46.5 cm³/mol. The molecule has 64 valence electrons. The van der Waals surface area contributed by atoms with Gasteiger partial charge in [0.05, 0.1) is 5.56 Å². The number of nitrogens with zero attached hydrogens (tertiary/aromatic N) is 2. The van der Waals surface area contributed by atoms with Gasteiger partial charge in [0.1, 0.15) is 10.3 Å². The highest BCUT2D eigenvalue weighted by Crippen LogP contribution is 2.21. The smallest absolute Gasteiger partial charge is 0.222 e. The van der Waals surface area contributed by atoms with Crippen LogP contribution in [0, 0.1) is 0 Å². The summed E-state index contributed by atoms with van der Waals surface area (Å²) in [6, 6.07) is 0. The zero-order chi connectivity index (χ0) is 9.30. The molecule has 0 aliphatic heterocycles. The van der Waals surface area contributed by atoms with Gasteiger partial charge in [0.25, 0.3) is 0 Å². The molecule has 0 radical (unpaired) electrons. The van der Waals surface area contributed by atoms with Crippen molar-refractivity contribution in [2.45, 2.75) is 6.92 Å². The van der Waals surface area contributed by atoms with Crippen molar-refractivity contribution in [3.05, 3.63) is 15.9 Å². The van der Waals surface area contributed by atoms with Crippen molar-refractivity contribution >= 4 is 34.9 Å². The average Bonchev–Trinajstić information content (AvgIpc) is 1.82. The summed E-state index contributed by atoms with van der Waals surface area (Å²) in [6.07, 6.45) is 0. The van der Waals surface area contributed by atoms with Gasteiger partial charge in [-0.05, 0) is 6.92 Å². The molecule has 0 aliphatic rings. The Kier molecular flexibility index (Phi) is 2.49. The number of hydrogen-bond donors (Lipinski definition) is 1. The Hall–Kier alpha value is -0.870. The first kappa shape index (κ1) is 9.22. The lowest BCUT2D eigenvalue weighted by atomic mass is 10.2. The third kappa shape index (κ3) is 1.65. The molecular formula is C6H5Cl2N3O. The summed E-state index contributed by atoms with van der Waals surface area (Å²) in [5.74, 6) is -0.333. The minimum atomic E-state index is -0.287. The van der Waals surface area contributed by atoms with E-state index in [1.54, 1.807) is 0 Å². The number of carbonyl (C=O) groups is 1. The van der Waals surface area contributed by atoms with Crippen LogP contribution in [0.2, 0.25) is 10.3 Å². The molecule has 6 heteroatoms. The molecule has 0 amide bonds. The minimum absolute atomic E-state index is 0.0139. The molecule has 2 N–H and O–H groups in total. The lowest BCUT2D eigenvalue weighted by molar-refractivity contribution is 0.101. The van der Waals surface area contributed by atoms with E-state index in [2.05, 4.69) is 9.97 Å². The lowest BCUT2D eigenvalue weighted by Crippen LogP contribution is -2.03. The second-order valence-electron chi connectivity index (χ2n) is 2.09. The van der Waals surface area contributed by atoms with Crippen LogP contribution in [-0.4, -0.2) is 15.8 Å². The second-order valence-corrected chi connectivity index (χ2v) is 2.81. The van der Waals surface area contributed by atoms with Crippen LogP contribution in [-0.2, 0) is 0 Å². The molecule has 1 heterocycles. The maximum Gasteiger partial charge on any atom is 0.222 e. The Bertz CT molecular complexity index is 317. The van der Waals surface area contributed by atoms with E-state index in [-0.39, 0.29) is 27.6 Å². The van der Waals surface area contributed by atoms with Crippen molar-refractivity contribution < 1.29 is 4.79 Å². The number of nitrogen functional groups attached to an aromatic ring is 1. The van der Waals surface area contributed by atoms with E-state index in [0.29, 0.717) is 0 Å². The number of carbonyl (C=O) groups excluding carboxylic acids is 1. The van der Waals surface area contributed by atoms with Crippen molar-refractivity contribution in [2.24, 2.45) is 0 Å². The van der Waals surface area contributed by atoms with Crippen LogP contribution in [0.4, 0.5) is 5.95 Å². The summed E-state index contributed by atoms with van der Waals surface area (Å²) in [6.45, 7) is 1.33. The van der Waals surface area contributed by atoms with E-state index in [4.69, 9.17) is 28.9 Å². The van der Waals surface area contributed by atoms with Gasteiger partial charge in [-0.15, -0.1) is 0 Å². The molecule has 4 nitrogen and oxygen atoms in total. The van der Waals surface area contributed by atoms with Gasteiger partial charge in [0, 0.05) is 0 Å². The van der Waals surface area contributed by atoms with Gasteiger partial charge in [0.15, 0.2) is 5.78 Å². The molecule has 1 aromatic rings. The molecule has 0 atom stereocenters. The monoisotopic (exact) mass is 205 g/mol. The van der Waals surface area contributed by atoms with Crippen molar-refractivity contribution in [3.63, 3.8) is 0 Å². The first-order valence-electron chi connectivity index (χ1n) is 3.02. The topological polar surface area (TPSA) is 68.9 Å². The van der Waals surface area contributed by atoms with Crippen LogP contribution < -0.4 is 5.73 Å². The Morgan fingerprint density at radius 1 is 1.33 bits per heavy atom. The van der Waals surface area contributed by atoms with Gasteiger partial charge < -0.3 is 5.73 Å². The van der Waals surface area contributed by atoms with E-state index in [0.717, 1.165) is 0 Å². The lowest BCUT2D eigenvalue weighted by Gasteiger charge is -2.01. The Balaban J connectivity index is 3.38. The minimum Gasteiger partial charge on any atom is -0.368 e. The van der Waals surface area contributed by atoms with E-state index in [1.807, 2.05) is 0 Å². The first-order valence-corrected chi connectivity index (χ1v) is 3.77. The van der Waals surface area contributed by atoms with Crippen molar-refractivity contribution in [1.82, 2.24) is 9.97 Å². The van der Waals surface area contributed by atoms with Gasteiger partial charge in [-0.25, -0.2) is 9.97 Å². The molecule has 0 spiro atoms. The number of rotatable bonds is 1. The normalized spacial score (nSPS) is 9.92. The maximum absolute atomic E-state index is 10.9. The highest BCUT2D eigenvalue weighted by molar-refractivity contribution is 6.38. The van der Waals surface area contributed by atoms with Crippen molar-refractivity contribution in [1.29, 1.82) is 0 Å². The van der Waals surface area contributed by atoms with Gasteiger partial charge >= 0.3 is 0 Å². The molecule has 12 heavy (non-hydrogen) atoms. The molecule has 0 unspecified atom stereocenters. The van der Waals surface area contributed by atoms with E-state index in [9.17, 15) is 4.79 Å². The number of hydrogen-bond acceptors (Lipinski definition) is 4. The third-order valence-electron chi connectivity index (χ3n) is 1.19. The summed E-state index contributed by atoms with van der Waals surface area (Å²) in [5.41, 5.74) is 5.33. The highest BCUT2D eigenvalue weighted by atomic mass is 35.5. The molecule has 0 saturated heterocycles. The van der Waals surface area contributed by atoms with Gasteiger partial charge in [0.2, 0.25) is 5.95 Å². The predicted octanol–water partition coefficient (Wildman–Crippen LogP) is 1.57. The molecule has 0 saturated carbocycles.